The first kappa shape index (κ1) is 18.1. The molecule has 0 bridgehead atoms. The van der Waals surface area contributed by atoms with Gasteiger partial charge in [0.2, 0.25) is 16.0 Å². The van der Waals surface area contributed by atoms with Crippen LogP contribution in [0.5, 0.6) is 0 Å². The van der Waals surface area contributed by atoms with E-state index in [1.54, 1.807) is 0 Å². The van der Waals surface area contributed by atoms with Crippen LogP contribution in [-0.4, -0.2) is 46.0 Å². The van der Waals surface area contributed by atoms with Gasteiger partial charge in [-0.1, -0.05) is 18.2 Å². The van der Waals surface area contributed by atoms with Gasteiger partial charge in [0.15, 0.2) is 5.78 Å². The van der Waals surface area contributed by atoms with E-state index in [4.69, 9.17) is 5.73 Å². The largest absolute Gasteiger partial charge is 0.369 e. The summed E-state index contributed by atoms with van der Waals surface area (Å²) in [6.45, 7) is 0. The lowest BCUT2D eigenvalue weighted by Gasteiger charge is -2.40. The molecule has 2 heterocycles. The van der Waals surface area contributed by atoms with Gasteiger partial charge >= 0.3 is 0 Å². The molecule has 0 saturated carbocycles. The van der Waals surface area contributed by atoms with Gasteiger partial charge in [0.05, 0.1) is 23.7 Å². The first-order valence-electron chi connectivity index (χ1n) is 8.56. The number of hydrogen-bond acceptors (Lipinski definition) is 8. The normalized spacial score (nSPS) is 23.7. The van der Waals surface area contributed by atoms with E-state index >= 15 is 0 Å². The highest BCUT2D eigenvalue weighted by molar-refractivity contribution is 7.89. The highest BCUT2D eigenvalue weighted by Crippen LogP contribution is 2.42. The molecular weight excluding hydrogens is 386 g/mol. The number of guanidine groups is 1. The van der Waals surface area contributed by atoms with E-state index in [2.05, 4.69) is 13.7 Å². The molecule has 2 aliphatic rings. The minimum Gasteiger partial charge on any atom is -0.369 e. The Balaban J connectivity index is 1.75. The van der Waals surface area contributed by atoms with Crippen LogP contribution in [0, 0.1) is 0 Å². The number of fused-ring (bicyclic) bond motifs is 2. The summed E-state index contributed by atoms with van der Waals surface area (Å²) in [5.41, 5.74) is 8.11. The number of aromatic nitrogens is 2. The molecule has 2 aromatic rings. The molecule has 0 amide bonds. The molecular formula is C17H19N5O3S2. The lowest BCUT2D eigenvalue weighted by molar-refractivity contribution is 0.0989. The molecule has 0 unspecified atom stereocenters. The Bertz CT molecular complexity index is 1030. The Kier molecular flexibility index (Phi) is 4.26. The molecule has 0 fully saturated rings. The lowest BCUT2D eigenvalue weighted by atomic mass is 9.77. The second-order valence-corrected chi connectivity index (χ2v) is 9.52. The number of aryl methyl sites for hydroxylation is 1. The van der Waals surface area contributed by atoms with Crippen molar-refractivity contribution in [1.29, 1.82) is 0 Å². The van der Waals surface area contributed by atoms with E-state index in [-0.39, 0.29) is 23.9 Å². The molecule has 1 atom stereocenters. The van der Waals surface area contributed by atoms with Crippen molar-refractivity contribution in [3.8, 4) is 0 Å². The van der Waals surface area contributed by atoms with Crippen LogP contribution < -0.4 is 5.73 Å². The van der Waals surface area contributed by atoms with Crippen molar-refractivity contribution in [3.63, 3.8) is 0 Å². The smallest absolute Gasteiger partial charge is 0.239 e. The first-order valence-corrected chi connectivity index (χ1v) is 10.9. The minimum atomic E-state index is -3.54. The summed E-state index contributed by atoms with van der Waals surface area (Å²) >= 11 is 0.995. The quantitative estimate of drug-likeness (QED) is 0.764. The molecule has 2 N–H and O–H groups in total. The van der Waals surface area contributed by atoms with Crippen LogP contribution in [0.25, 0.3) is 0 Å². The van der Waals surface area contributed by atoms with Gasteiger partial charge in [-0.2, -0.15) is 8.75 Å². The molecule has 10 heteroatoms. The van der Waals surface area contributed by atoms with Crippen molar-refractivity contribution < 1.29 is 13.2 Å². The number of rotatable bonds is 3. The summed E-state index contributed by atoms with van der Waals surface area (Å²) in [6, 6.07) is 5.78. The number of aliphatic imine (C=N–C) groups is 1. The van der Waals surface area contributed by atoms with Crippen LogP contribution in [0.1, 0.15) is 40.0 Å². The second-order valence-electron chi connectivity index (χ2n) is 6.96. The van der Waals surface area contributed by atoms with Crippen LogP contribution in [0.2, 0.25) is 0 Å². The number of Topliss-reactive ketones (excluding diaryl/α,β-unsaturated/α-hetero) is 1. The third-order valence-electron chi connectivity index (χ3n) is 5.21. The Morgan fingerprint density at radius 1 is 1.41 bits per heavy atom. The molecule has 4 rings (SSSR count). The van der Waals surface area contributed by atoms with E-state index in [0.717, 1.165) is 45.6 Å². The summed E-state index contributed by atoms with van der Waals surface area (Å²) in [7, 11) is -2.12. The Morgan fingerprint density at radius 3 is 2.93 bits per heavy atom. The SMILES string of the molecule is CN1C(N)=N[C@@]2(CCCc3ccc(CC(=O)c4cnsn4)cc32)CS1(=O)=O. The number of carbonyl (C=O) groups excluding carboxylic acids is 1. The molecule has 142 valence electrons. The third-order valence-corrected chi connectivity index (χ3v) is 7.56. The van der Waals surface area contributed by atoms with Crippen molar-refractivity contribution in [2.45, 2.75) is 31.2 Å². The molecule has 1 spiro atoms. The number of benzene rings is 1. The van der Waals surface area contributed by atoms with Crippen LogP contribution in [-0.2, 0) is 28.4 Å². The van der Waals surface area contributed by atoms with Gasteiger partial charge in [0.25, 0.3) is 0 Å². The zero-order valence-corrected chi connectivity index (χ0v) is 16.4. The fraction of sp³-hybridized carbons (Fsp3) is 0.412. The number of nitrogens with two attached hydrogens (primary N) is 1. The van der Waals surface area contributed by atoms with Gasteiger partial charge < -0.3 is 5.73 Å². The minimum absolute atomic E-state index is 0.00382. The predicted molar refractivity (Wildman–Crippen MR) is 102 cm³/mol. The molecule has 27 heavy (non-hydrogen) atoms. The van der Waals surface area contributed by atoms with Crippen LogP contribution in [0.4, 0.5) is 0 Å². The predicted octanol–water partition coefficient (Wildman–Crippen LogP) is 1.09. The molecule has 1 aliphatic carbocycles. The van der Waals surface area contributed by atoms with E-state index < -0.39 is 15.6 Å². The van der Waals surface area contributed by atoms with Gasteiger partial charge in [0.1, 0.15) is 11.2 Å². The van der Waals surface area contributed by atoms with Crippen molar-refractivity contribution in [2.75, 3.05) is 12.8 Å². The zero-order chi connectivity index (χ0) is 19.2. The molecule has 1 aromatic heterocycles. The third kappa shape index (κ3) is 3.12. The molecule has 0 radical (unpaired) electrons. The van der Waals surface area contributed by atoms with Gasteiger partial charge in [0, 0.05) is 13.5 Å². The summed E-state index contributed by atoms with van der Waals surface area (Å²) in [6.07, 6.45) is 3.95. The summed E-state index contributed by atoms with van der Waals surface area (Å²) in [4.78, 5) is 17.0. The average molecular weight is 406 g/mol. The summed E-state index contributed by atoms with van der Waals surface area (Å²) in [5, 5.41) is 0. The maximum atomic E-state index is 12.6. The number of hydrogen-bond donors (Lipinski definition) is 1. The van der Waals surface area contributed by atoms with Crippen LogP contribution in [0.3, 0.4) is 0 Å². The van der Waals surface area contributed by atoms with E-state index in [1.807, 2.05) is 18.2 Å². The lowest BCUT2D eigenvalue weighted by Crippen LogP contribution is -2.52. The van der Waals surface area contributed by atoms with Crippen LogP contribution in [0.15, 0.2) is 29.4 Å². The summed E-state index contributed by atoms with van der Waals surface area (Å²) < 4.78 is 34.1. The molecule has 1 aliphatic heterocycles. The molecule has 8 nitrogen and oxygen atoms in total. The number of nitrogens with zero attached hydrogens (tertiary/aromatic N) is 4. The van der Waals surface area contributed by atoms with Gasteiger partial charge in [-0.3, -0.25) is 4.79 Å². The van der Waals surface area contributed by atoms with Crippen molar-refractivity contribution in [1.82, 2.24) is 13.1 Å². The van der Waals surface area contributed by atoms with Crippen molar-refractivity contribution in [3.05, 3.63) is 46.8 Å². The van der Waals surface area contributed by atoms with E-state index in [0.29, 0.717) is 12.1 Å². The van der Waals surface area contributed by atoms with E-state index in [9.17, 15) is 13.2 Å². The molecule has 1 aromatic carbocycles. The Labute approximate surface area is 161 Å². The number of carbonyl (C=O) groups is 1. The zero-order valence-electron chi connectivity index (χ0n) is 14.8. The van der Waals surface area contributed by atoms with Gasteiger partial charge in [-0.05, 0) is 36.0 Å². The standard InChI is InChI=1S/C17H19N5O3S2/c1-22-16(18)20-17(10-27(22,24)25)6-2-3-12-5-4-11(7-13(12)17)8-15(23)14-9-19-26-21-14/h4-5,7,9H,2-3,6,8,10H2,1H3,(H2,18,20)/t17-/m0/s1. The summed E-state index contributed by atoms with van der Waals surface area (Å²) in [5.74, 6) is -0.228. The number of ketones is 1. The highest BCUT2D eigenvalue weighted by Gasteiger charge is 2.45. The van der Waals surface area contributed by atoms with E-state index in [1.165, 1.54) is 13.2 Å². The fourth-order valence-electron chi connectivity index (χ4n) is 3.78. The fourth-order valence-corrected chi connectivity index (χ4v) is 5.70. The van der Waals surface area contributed by atoms with Crippen molar-refractivity contribution >= 4 is 33.5 Å². The number of sulfonamides is 1. The van der Waals surface area contributed by atoms with Gasteiger partial charge in [-0.15, -0.1) is 0 Å². The Morgan fingerprint density at radius 2 is 2.22 bits per heavy atom. The monoisotopic (exact) mass is 405 g/mol. The van der Waals surface area contributed by atoms with Gasteiger partial charge in [-0.25, -0.2) is 17.7 Å². The van der Waals surface area contributed by atoms with Crippen LogP contribution >= 0.6 is 11.7 Å². The maximum absolute atomic E-state index is 12.6. The topological polar surface area (TPSA) is 119 Å². The molecule has 0 saturated heterocycles. The highest BCUT2D eigenvalue weighted by atomic mass is 32.2. The maximum Gasteiger partial charge on any atom is 0.239 e. The second kappa shape index (κ2) is 6.38. The first-order chi connectivity index (χ1) is 12.8. The Hall–Kier alpha value is -2.33. The van der Waals surface area contributed by atoms with Crippen molar-refractivity contribution in [2.24, 2.45) is 10.7 Å². The average Bonchev–Trinajstić information content (AvgIpc) is 3.15.